The molecule has 0 spiro atoms. The minimum absolute atomic E-state index is 0.0443. The number of benzene rings is 2. The number of carbonyl (C=O) groups excluding carboxylic acids is 1. The van der Waals surface area contributed by atoms with Gasteiger partial charge in [-0.25, -0.2) is 8.78 Å². The lowest BCUT2D eigenvalue weighted by Crippen LogP contribution is -2.12. The number of fused-ring (bicyclic) bond motifs is 3. The van der Waals surface area contributed by atoms with Crippen molar-refractivity contribution in [1.29, 1.82) is 0 Å². The highest BCUT2D eigenvalue weighted by Crippen LogP contribution is 2.41. The molecule has 0 bridgehead atoms. The van der Waals surface area contributed by atoms with Crippen LogP contribution in [0, 0.1) is 11.6 Å². The molecular formula is C20H18F2N2O3. The molecule has 2 heterocycles. The number of ether oxygens (including phenoxy) is 2. The third kappa shape index (κ3) is 3.09. The molecule has 2 aromatic carbocycles. The molecule has 1 aromatic heterocycles. The number of nitrogens with one attached hydrogen (secondary N) is 2. The predicted octanol–water partition coefficient (Wildman–Crippen LogP) is 4.42. The summed E-state index contributed by atoms with van der Waals surface area (Å²) in [5.41, 5.74) is 2.15. The summed E-state index contributed by atoms with van der Waals surface area (Å²) in [5, 5.41) is 3.29. The summed E-state index contributed by atoms with van der Waals surface area (Å²) in [6.45, 7) is 4.36. The number of aromatic nitrogens is 1. The first-order valence-electron chi connectivity index (χ1n) is 8.70. The van der Waals surface area contributed by atoms with Gasteiger partial charge in [0.05, 0.1) is 12.1 Å². The van der Waals surface area contributed by atoms with Crippen LogP contribution in [0.1, 0.15) is 29.9 Å². The van der Waals surface area contributed by atoms with Crippen molar-refractivity contribution in [2.75, 3.05) is 11.9 Å². The van der Waals surface area contributed by atoms with Gasteiger partial charge in [-0.05, 0) is 38.1 Å². The highest BCUT2D eigenvalue weighted by Gasteiger charge is 2.26. The van der Waals surface area contributed by atoms with E-state index < -0.39 is 17.5 Å². The van der Waals surface area contributed by atoms with E-state index in [0.29, 0.717) is 23.6 Å². The summed E-state index contributed by atoms with van der Waals surface area (Å²) in [6.07, 6.45) is 0.809. The van der Waals surface area contributed by atoms with Gasteiger partial charge in [-0.3, -0.25) is 4.79 Å². The second-order valence-corrected chi connectivity index (χ2v) is 6.48. The van der Waals surface area contributed by atoms with Gasteiger partial charge in [0.2, 0.25) is 0 Å². The minimum atomic E-state index is -1.02. The van der Waals surface area contributed by atoms with Crippen molar-refractivity contribution in [2.24, 2.45) is 0 Å². The van der Waals surface area contributed by atoms with Crippen molar-refractivity contribution in [3.8, 4) is 11.5 Å². The zero-order valence-corrected chi connectivity index (χ0v) is 14.9. The molecule has 0 fully saturated rings. The van der Waals surface area contributed by atoms with Crippen LogP contribution in [0.4, 0.5) is 14.5 Å². The maximum Gasteiger partial charge on any atom is 0.272 e. The number of hydrogen-bond donors (Lipinski definition) is 2. The van der Waals surface area contributed by atoms with Gasteiger partial charge in [0.1, 0.15) is 23.3 Å². The normalized spacial score (nSPS) is 15.5. The monoisotopic (exact) mass is 372 g/mol. The zero-order valence-electron chi connectivity index (χ0n) is 14.9. The average molecular weight is 372 g/mol. The molecule has 5 nitrogen and oxygen atoms in total. The number of anilines is 1. The average Bonchev–Trinajstić information content (AvgIpc) is 3.22. The molecule has 1 aliphatic heterocycles. The van der Waals surface area contributed by atoms with Gasteiger partial charge in [-0.1, -0.05) is 0 Å². The van der Waals surface area contributed by atoms with E-state index in [1.165, 1.54) is 6.07 Å². The Morgan fingerprint density at radius 1 is 1.30 bits per heavy atom. The van der Waals surface area contributed by atoms with Crippen LogP contribution in [0.25, 0.3) is 10.9 Å². The van der Waals surface area contributed by atoms with Crippen LogP contribution < -0.4 is 14.8 Å². The van der Waals surface area contributed by atoms with Gasteiger partial charge in [0, 0.05) is 29.1 Å². The summed E-state index contributed by atoms with van der Waals surface area (Å²) in [7, 11) is 0. The second-order valence-electron chi connectivity index (χ2n) is 6.48. The topological polar surface area (TPSA) is 63.4 Å². The summed E-state index contributed by atoms with van der Waals surface area (Å²) in [6, 6.07) is 6.81. The lowest BCUT2D eigenvalue weighted by atomic mass is 10.1. The van der Waals surface area contributed by atoms with Gasteiger partial charge in [0.15, 0.2) is 11.6 Å². The summed E-state index contributed by atoms with van der Waals surface area (Å²) < 4.78 is 38.0. The van der Waals surface area contributed by atoms with Crippen LogP contribution in [-0.2, 0) is 6.42 Å². The molecule has 0 aliphatic carbocycles. The zero-order chi connectivity index (χ0) is 19.1. The molecule has 1 aliphatic rings. The first-order valence-corrected chi connectivity index (χ1v) is 8.70. The largest absolute Gasteiger partial charge is 0.493 e. The number of H-pyrrole nitrogens is 1. The molecule has 2 N–H and O–H groups in total. The minimum Gasteiger partial charge on any atom is -0.493 e. The van der Waals surface area contributed by atoms with Crippen LogP contribution in [0.3, 0.4) is 0 Å². The second kappa shape index (κ2) is 6.57. The van der Waals surface area contributed by atoms with Crippen molar-refractivity contribution >= 4 is 22.5 Å². The third-order valence-electron chi connectivity index (χ3n) is 4.46. The van der Waals surface area contributed by atoms with Crippen LogP contribution in [0.5, 0.6) is 11.5 Å². The number of halogens is 2. The fourth-order valence-electron chi connectivity index (χ4n) is 3.30. The van der Waals surface area contributed by atoms with Crippen LogP contribution >= 0.6 is 0 Å². The third-order valence-corrected chi connectivity index (χ3v) is 4.46. The maximum atomic E-state index is 13.4. The molecule has 1 amide bonds. The molecule has 0 saturated heterocycles. The van der Waals surface area contributed by atoms with E-state index in [1.807, 2.05) is 19.9 Å². The number of rotatable bonds is 4. The first-order chi connectivity index (χ1) is 13.0. The Labute approximate surface area is 154 Å². The molecule has 27 heavy (non-hydrogen) atoms. The van der Waals surface area contributed by atoms with E-state index in [9.17, 15) is 13.6 Å². The Balaban J connectivity index is 1.72. The SMILES string of the molecule is CCOc1cc2c(c3[nH]c(C(=O)Nc4ccc(F)c(F)c4)cc13)O[C@H](C)C2. The maximum absolute atomic E-state index is 13.4. The Kier molecular flexibility index (Phi) is 4.22. The fourth-order valence-corrected chi connectivity index (χ4v) is 3.30. The van der Waals surface area contributed by atoms with E-state index in [4.69, 9.17) is 9.47 Å². The number of amides is 1. The lowest BCUT2D eigenvalue weighted by molar-refractivity contribution is 0.102. The number of aromatic amines is 1. The van der Waals surface area contributed by atoms with Crippen molar-refractivity contribution in [1.82, 2.24) is 4.98 Å². The molecule has 0 radical (unpaired) electrons. The molecule has 1 atom stereocenters. The van der Waals surface area contributed by atoms with Crippen molar-refractivity contribution in [3.05, 3.63) is 53.2 Å². The van der Waals surface area contributed by atoms with E-state index in [-0.39, 0.29) is 17.5 Å². The summed E-state index contributed by atoms with van der Waals surface area (Å²) in [4.78, 5) is 15.6. The van der Waals surface area contributed by atoms with Crippen molar-refractivity contribution in [2.45, 2.75) is 26.4 Å². The van der Waals surface area contributed by atoms with Crippen LogP contribution in [0.15, 0.2) is 30.3 Å². The first kappa shape index (κ1) is 17.3. The Morgan fingerprint density at radius 2 is 2.11 bits per heavy atom. The molecule has 4 rings (SSSR count). The fraction of sp³-hybridized carbons (Fsp3) is 0.250. The molecule has 3 aromatic rings. The highest BCUT2D eigenvalue weighted by molar-refractivity contribution is 6.07. The van der Waals surface area contributed by atoms with E-state index >= 15 is 0 Å². The highest BCUT2D eigenvalue weighted by atomic mass is 19.2. The van der Waals surface area contributed by atoms with Gasteiger partial charge in [-0.2, -0.15) is 0 Å². The Morgan fingerprint density at radius 3 is 2.85 bits per heavy atom. The predicted molar refractivity (Wildman–Crippen MR) is 97.6 cm³/mol. The van der Waals surface area contributed by atoms with E-state index in [2.05, 4.69) is 10.3 Å². The molecule has 0 saturated carbocycles. The van der Waals surface area contributed by atoms with Crippen molar-refractivity contribution in [3.63, 3.8) is 0 Å². The van der Waals surface area contributed by atoms with E-state index in [0.717, 1.165) is 29.5 Å². The Hall–Kier alpha value is -3.09. The lowest BCUT2D eigenvalue weighted by Gasteiger charge is -2.08. The van der Waals surface area contributed by atoms with Gasteiger partial charge in [-0.15, -0.1) is 0 Å². The summed E-state index contributed by atoms with van der Waals surface area (Å²) in [5.74, 6) is -1.08. The Bertz CT molecular complexity index is 1050. The number of carbonyl (C=O) groups is 1. The standard InChI is InChI=1S/C20H18F2N2O3/c1-3-26-17-7-11-6-10(2)27-19(11)18-13(17)9-16(24-18)20(25)23-12-4-5-14(21)15(22)8-12/h4-5,7-10,24H,3,6H2,1-2H3,(H,23,25)/t10-/m1/s1. The van der Waals surface area contributed by atoms with Crippen LogP contribution in [-0.4, -0.2) is 23.6 Å². The molecule has 0 unspecified atom stereocenters. The molecular weight excluding hydrogens is 354 g/mol. The van der Waals surface area contributed by atoms with Crippen molar-refractivity contribution < 1.29 is 23.0 Å². The van der Waals surface area contributed by atoms with E-state index in [1.54, 1.807) is 6.07 Å². The molecule has 140 valence electrons. The van der Waals surface area contributed by atoms with Gasteiger partial charge >= 0.3 is 0 Å². The van der Waals surface area contributed by atoms with Gasteiger partial charge < -0.3 is 19.8 Å². The number of hydrogen-bond acceptors (Lipinski definition) is 3. The quantitative estimate of drug-likeness (QED) is 0.713. The van der Waals surface area contributed by atoms with Gasteiger partial charge in [0.25, 0.3) is 5.91 Å². The van der Waals surface area contributed by atoms with Crippen LogP contribution in [0.2, 0.25) is 0 Å². The smallest absolute Gasteiger partial charge is 0.272 e. The summed E-state index contributed by atoms with van der Waals surface area (Å²) >= 11 is 0. The molecule has 7 heteroatoms.